The van der Waals surface area contributed by atoms with Crippen LogP contribution in [0.25, 0.3) is 0 Å². The standard InChI is InChI=1S/C16H20F2N2O/c17-12-1-2-13(14(18)9-12)16(5-6-16)10-20-15(21)11-3-7-19-8-4-11/h1-2,9,11,19H,3-8,10H2,(H,20,21). The minimum Gasteiger partial charge on any atom is -0.355 e. The average molecular weight is 294 g/mol. The van der Waals surface area contributed by atoms with Crippen LogP contribution in [-0.2, 0) is 10.2 Å². The molecule has 2 N–H and O–H groups in total. The number of halogens is 2. The van der Waals surface area contributed by atoms with Crippen LogP contribution in [0.2, 0.25) is 0 Å². The Balaban J connectivity index is 1.62. The summed E-state index contributed by atoms with van der Waals surface area (Å²) >= 11 is 0. The third-order valence-electron chi connectivity index (χ3n) is 4.67. The van der Waals surface area contributed by atoms with E-state index in [1.807, 2.05) is 0 Å². The molecule has 0 radical (unpaired) electrons. The van der Waals surface area contributed by atoms with E-state index in [1.165, 1.54) is 12.1 Å². The second-order valence-electron chi connectivity index (χ2n) is 6.15. The van der Waals surface area contributed by atoms with Gasteiger partial charge in [0.2, 0.25) is 5.91 Å². The number of amides is 1. The first kappa shape index (κ1) is 14.4. The number of hydrogen-bond acceptors (Lipinski definition) is 2. The predicted octanol–water partition coefficient (Wildman–Crippen LogP) is 2.11. The van der Waals surface area contributed by atoms with Gasteiger partial charge in [-0.15, -0.1) is 0 Å². The zero-order chi connectivity index (χ0) is 14.9. The van der Waals surface area contributed by atoms with Gasteiger partial charge in [0, 0.05) is 23.9 Å². The van der Waals surface area contributed by atoms with Crippen molar-refractivity contribution >= 4 is 5.91 Å². The molecule has 1 amide bonds. The monoisotopic (exact) mass is 294 g/mol. The minimum atomic E-state index is -0.564. The van der Waals surface area contributed by atoms with Gasteiger partial charge in [0.15, 0.2) is 0 Å². The van der Waals surface area contributed by atoms with Crippen molar-refractivity contribution in [3.05, 3.63) is 35.4 Å². The second kappa shape index (κ2) is 5.72. The largest absolute Gasteiger partial charge is 0.355 e. The molecule has 1 heterocycles. The van der Waals surface area contributed by atoms with E-state index < -0.39 is 11.6 Å². The summed E-state index contributed by atoms with van der Waals surface area (Å²) in [5.74, 6) is -0.959. The molecule has 1 saturated heterocycles. The molecule has 1 aromatic rings. The van der Waals surface area contributed by atoms with E-state index in [1.54, 1.807) is 0 Å². The van der Waals surface area contributed by atoms with Gasteiger partial charge < -0.3 is 10.6 Å². The van der Waals surface area contributed by atoms with Crippen molar-refractivity contribution in [2.75, 3.05) is 19.6 Å². The fourth-order valence-electron chi connectivity index (χ4n) is 3.10. The van der Waals surface area contributed by atoms with Gasteiger partial charge in [-0.25, -0.2) is 8.78 Å². The van der Waals surface area contributed by atoms with E-state index in [-0.39, 0.29) is 17.2 Å². The summed E-state index contributed by atoms with van der Waals surface area (Å²) in [6.07, 6.45) is 3.37. The Morgan fingerprint density at radius 3 is 2.62 bits per heavy atom. The van der Waals surface area contributed by atoms with Crippen molar-refractivity contribution in [2.45, 2.75) is 31.1 Å². The van der Waals surface area contributed by atoms with Crippen molar-refractivity contribution in [3.8, 4) is 0 Å². The van der Waals surface area contributed by atoms with Gasteiger partial charge in [-0.1, -0.05) is 6.07 Å². The van der Waals surface area contributed by atoms with Crippen molar-refractivity contribution in [1.29, 1.82) is 0 Å². The minimum absolute atomic E-state index is 0.0557. The molecule has 5 heteroatoms. The molecule has 2 aliphatic rings. The number of carbonyl (C=O) groups is 1. The summed E-state index contributed by atoms with van der Waals surface area (Å²) in [5.41, 5.74) is 0.190. The molecule has 0 unspecified atom stereocenters. The van der Waals surface area contributed by atoms with Gasteiger partial charge in [0.05, 0.1) is 0 Å². The second-order valence-corrected chi connectivity index (χ2v) is 6.15. The highest BCUT2D eigenvalue weighted by Crippen LogP contribution is 2.48. The van der Waals surface area contributed by atoms with Gasteiger partial charge in [-0.3, -0.25) is 4.79 Å². The van der Waals surface area contributed by atoms with Gasteiger partial charge in [0.1, 0.15) is 11.6 Å². The van der Waals surface area contributed by atoms with Crippen molar-refractivity contribution in [3.63, 3.8) is 0 Å². The first-order valence-electron chi connectivity index (χ1n) is 7.55. The Hall–Kier alpha value is -1.49. The fraction of sp³-hybridized carbons (Fsp3) is 0.562. The van der Waals surface area contributed by atoms with Crippen LogP contribution in [-0.4, -0.2) is 25.5 Å². The van der Waals surface area contributed by atoms with Crippen LogP contribution in [0, 0.1) is 17.6 Å². The maximum absolute atomic E-state index is 13.9. The van der Waals surface area contributed by atoms with E-state index in [9.17, 15) is 13.6 Å². The summed E-state index contributed by atoms with van der Waals surface area (Å²) < 4.78 is 26.9. The number of hydrogen-bond donors (Lipinski definition) is 2. The van der Waals surface area contributed by atoms with Crippen LogP contribution in [0.4, 0.5) is 8.78 Å². The molecule has 3 rings (SSSR count). The normalized spacial score (nSPS) is 21.0. The lowest BCUT2D eigenvalue weighted by molar-refractivity contribution is -0.125. The Labute approximate surface area is 123 Å². The van der Waals surface area contributed by atoms with E-state index >= 15 is 0 Å². The molecule has 21 heavy (non-hydrogen) atoms. The molecular weight excluding hydrogens is 274 g/mol. The lowest BCUT2D eigenvalue weighted by atomic mass is 9.93. The lowest BCUT2D eigenvalue weighted by Gasteiger charge is -2.24. The van der Waals surface area contributed by atoms with Crippen LogP contribution < -0.4 is 10.6 Å². The third kappa shape index (κ3) is 3.07. The molecule has 1 aliphatic carbocycles. The molecule has 114 valence electrons. The van der Waals surface area contributed by atoms with E-state index in [0.717, 1.165) is 44.8 Å². The molecule has 1 aromatic carbocycles. The highest BCUT2D eigenvalue weighted by atomic mass is 19.1. The predicted molar refractivity (Wildman–Crippen MR) is 75.9 cm³/mol. The van der Waals surface area contributed by atoms with E-state index in [4.69, 9.17) is 0 Å². The molecule has 2 fully saturated rings. The first-order chi connectivity index (χ1) is 10.1. The van der Waals surface area contributed by atoms with Gasteiger partial charge in [-0.05, 0) is 50.4 Å². The maximum Gasteiger partial charge on any atom is 0.223 e. The van der Waals surface area contributed by atoms with Gasteiger partial charge >= 0.3 is 0 Å². The van der Waals surface area contributed by atoms with Crippen LogP contribution >= 0.6 is 0 Å². The molecule has 0 spiro atoms. The Bertz CT molecular complexity index is 537. The summed E-state index contributed by atoms with van der Waals surface area (Å²) in [6, 6.07) is 3.71. The van der Waals surface area contributed by atoms with Crippen molar-refractivity contribution in [2.24, 2.45) is 5.92 Å². The van der Waals surface area contributed by atoms with Crippen LogP contribution in [0.5, 0.6) is 0 Å². The molecular formula is C16H20F2N2O. The average Bonchev–Trinajstić information content (AvgIpc) is 3.26. The quantitative estimate of drug-likeness (QED) is 0.893. The van der Waals surface area contributed by atoms with E-state index in [0.29, 0.717) is 12.1 Å². The molecule has 1 saturated carbocycles. The number of piperidine rings is 1. The number of carbonyl (C=O) groups excluding carboxylic acids is 1. The Morgan fingerprint density at radius 1 is 1.29 bits per heavy atom. The van der Waals surface area contributed by atoms with E-state index in [2.05, 4.69) is 10.6 Å². The molecule has 0 aromatic heterocycles. The van der Waals surface area contributed by atoms with Gasteiger partial charge in [-0.2, -0.15) is 0 Å². The Kier molecular flexibility index (Phi) is 3.93. The lowest BCUT2D eigenvalue weighted by Crippen LogP contribution is -2.41. The number of rotatable bonds is 4. The number of nitrogens with one attached hydrogen (secondary N) is 2. The zero-order valence-electron chi connectivity index (χ0n) is 11.9. The zero-order valence-corrected chi connectivity index (χ0v) is 11.9. The van der Waals surface area contributed by atoms with Crippen LogP contribution in [0.15, 0.2) is 18.2 Å². The molecule has 3 nitrogen and oxygen atoms in total. The maximum atomic E-state index is 13.9. The number of benzene rings is 1. The molecule has 0 atom stereocenters. The summed E-state index contributed by atoms with van der Waals surface area (Å²) in [6.45, 7) is 2.18. The fourth-order valence-corrected chi connectivity index (χ4v) is 3.10. The SMILES string of the molecule is O=C(NCC1(c2ccc(F)cc2F)CC1)C1CCNCC1. The molecule has 0 bridgehead atoms. The smallest absolute Gasteiger partial charge is 0.223 e. The molecule has 1 aliphatic heterocycles. The first-order valence-corrected chi connectivity index (χ1v) is 7.55. The van der Waals surface area contributed by atoms with Gasteiger partial charge in [0.25, 0.3) is 0 Å². The highest BCUT2D eigenvalue weighted by Gasteiger charge is 2.46. The summed E-state index contributed by atoms with van der Waals surface area (Å²) in [4.78, 5) is 12.2. The summed E-state index contributed by atoms with van der Waals surface area (Å²) in [5, 5.41) is 6.20. The highest BCUT2D eigenvalue weighted by molar-refractivity contribution is 5.79. The van der Waals surface area contributed by atoms with Crippen LogP contribution in [0.1, 0.15) is 31.2 Å². The van der Waals surface area contributed by atoms with Crippen molar-refractivity contribution in [1.82, 2.24) is 10.6 Å². The third-order valence-corrected chi connectivity index (χ3v) is 4.67. The van der Waals surface area contributed by atoms with Crippen LogP contribution in [0.3, 0.4) is 0 Å². The van der Waals surface area contributed by atoms with Crippen molar-refractivity contribution < 1.29 is 13.6 Å². The summed E-state index contributed by atoms with van der Waals surface area (Å²) in [7, 11) is 0. The Morgan fingerprint density at radius 2 is 2.00 bits per heavy atom. The topological polar surface area (TPSA) is 41.1 Å².